The summed E-state index contributed by atoms with van der Waals surface area (Å²) < 4.78 is 46.8. The zero-order valence-corrected chi connectivity index (χ0v) is 12.1. The Kier molecular flexibility index (Phi) is 3.31. The van der Waals surface area contributed by atoms with Gasteiger partial charge >= 0.3 is 6.18 Å². The molecule has 0 aliphatic heterocycles. The lowest BCUT2D eigenvalue weighted by molar-refractivity contribution is -0.179. The first-order valence-corrected chi connectivity index (χ1v) is 7.15. The molecule has 3 nitrogen and oxygen atoms in total. The Morgan fingerprint density at radius 1 is 1.38 bits per heavy atom. The average molecular weight is 319 g/mol. The zero-order valence-electron chi connectivity index (χ0n) is 11.4. The van der Waals surface area contributed by atoms with Gasteiger partial charge in [0.25, 0.3) is 0 Å². The third kappa shape index (κ3) is 2.16. The van der Waals surface area contributed by atoms with Crippen LogP contribution in [0.15, 0.2) is 18.2 Å². The van der Waals surface area contributed by atoms with Crippen molar-refractivity contribution in [2.75, 3.05) is 13.0 Å². The van der Waals surface area contributed by atoms with E-state index in [9.17, 15) is 13.2 Å². The molecular formula is C14H14ClF3N2O. The second kappa shape index (κ2) is 4.80. The van der Waals surface area contributed by atoms with Crippen molar-refractivity contribution in [3.63, 3.8) is 0 Å². The smallest absolute Gasteiger partial charge is 0.412 e. The molecule has 1 fully saturated rings. The van der Waals surface area contributed by atoms with Gasteiger partial charge in [-0.1, -0.05) is 0 Å². The SMILES string of the molecule is COc1ccc2c(c1)nc(CCCl)n2C1(C(F)(F)F)CC1. The maximum Gasteiger partial charge on any atom is 0.412 e. The quantitative estimate of drug-likeness (QED) is 0.800. The number of hydrogen-bond donors (Lipinski definition) is 0. The van der Waals surface area contributed by atoms with E-state index in [-0.39, 0.29) is 18.7 Å². The molecule has 0 bridgehead atoms. The molecule has 21 heavy (non-hydrogen) atoms. The first-order valence-electron chi connectivity index (χ1n) is 6.61. The summed E-state index contributed by atoms with van der Waals surface area (Å²) in [5.74, 6) is 1.18. The molecule has 114 valence electrons. The molecule has 1 aliphatic carbocycles. The number of aromatic nitrogens is 2. The van der Waals surface area contributed by atoms with Crippen LogP contribution in [0.1, 0.15) is 18.7 Å². The summed E-state index contributed by atoms with van der Waals surface area (Å²) in [6, 6.07) is 4.93. The summed E-state index contributed by atoms with van der Waals surface area (Å²) in [5.41, 5.74) is -0.840. The van der Waals surface area contributed by atoms with Crippen molar-refractivity contribution in [3.8, 4) is 5.75 Å². The molecule has 0 spiro atoms. The maximum absolute atomic E-state index is 13.4. The molecule has 0 unspecified atom stereocenters. The van der Waals surface area contributed by atoms with Crippen LogP contribution in [0.5, 0.6) is 5.75 Å². The molecule has 1 aromatic carbocycles. The van der Waals surface area contributed by atoms with Crippen LogP contribution >= 0.6 is 11.6 Å². The predicted octanol–water partition coefficient (Wildman–Crippen LogP) is 3.88. The molecule has 0 amide bonds. The van der Waals surface area contributed by atoms with Crippen molar-refractivity contribution < 1.29 is 17.9 Å². The molecule has 1 aliphatic rings. The van der Waals surface area contributed by atoms with Gasteiger partial charge < -0.3 is 9.30 Å². The van der Waals surface area contributed by atoms with E-state index in [0.29, 0.717) is 29.0 Å². The number of benzene rings is 1. The van der Waals surface area contributed by atoms with Crippen molar-refractivity contribution in [2.45, 2.75) is 31.0 Å². The number of imidazole rings is 1. The van der Waals surface area contributed by atoms with Gasteiger partial charge in [0, 0.05) is 18.4 Å². The van der Waals surface area contributed by atoms with Gasteiger partial charge in [-0.2, -0.15) is 13.2 Å². The molecule has 1 saturated carbocycles. The van der Waals surface area contributed by atoms with E-state index < -0.39 is 11.7 Å². The van der Waals surface area contributed by atoms with E-state index in [1.807, 2.05) is 0 Å². The van der Waals surface area contributed by atoms with E-state index in [1.165, 1.54) is 11.7 Å². The second-order valence-electron chi connectivity index (χ2n) is 5.19. The van der Waals surface area contributed by atoms with Crippen molar-refractivity contribution in [1.82, 2.24) is 9.55 Å². The summed E-state index contributed by atoms with van der Waals surface area (Å²) in [6.07, 6.45) is -3.81. The number of alkyl halides is 4. The van der Waals surface area contributed by atoms with Gasteiger partial charge in [0.2, 0.25) is 0 Å². The highest BCUT2D eigenvalue weighted by molar-refractivity contribution is 6.17. The molecule has 0 N–H and O–H groups in total. The molecular weight excluding hydrogens is 305 g/mol. The van der Waals surface area contributed by atoms with Gasteiger partial charge in [0.15, 0.2) is 0 Å². The molecule has 0 radical (unpaired) electrons. The Bertz CT molecular complexity index is 677. The number of nitrogens with zero attached hydrogens (tertiary/aromatic N) is 2. The fourth-order valence-corrected chi connectivity index (χ4v) is 2.89. The Balaban J connectivity index is 2.22. The van der Waals surface area contributed by atoms with Gasteiger partial charge in [0.05, 0.1) is 18.1 Å². The minimum Gasteiger partial charge on any atom is -0.497 e. The summed E-state index contributed by atoms with van der Waals surface area (Å²) in [5, 5.41) is 0. The van der Waals surface area contributed by atoms with Gasteiger partial charge in [-0.15, -0.1) is 11.6 Å². The second-order valence-corrected chi connectivity index (χ2v) is 5.56. The minimum absolute atomic E-state index is 0.0866. The highest BCUT2D eigenvalue weighted by atomic mass is 35.5. The number of fused-ring (bicyclic) bond motifs is 1. The molecule has 1 heterocycles. The predicted molar refractivity (Wildman–Crippen MR) is 74.0 cm³/mol. The number of hydrogen-bond acceptors (Lipinski definition) is 2. The van der Waals surface area contributed by atoms with Crippen LogP contribution in [0, 0.1) is 0 Å². The monoisotopic (exact) mass is 318 g/mol. The molecule has 0 atom stereocenters. The van der Waals surface area contributed by atoms with Crippen LogP contribution in [0.2, 0.25) is 0 Å². The van der Waals surface area contributed by atoms with Crippen molar-refractivity contribution in [2.24, 2.45) is 0 Å². The van der Waals surface area contributed by atoms with E-state index in [2.05, 4.69) is 4.98 Å². The number of ether oxygens (including phenoxy) is 1. The molecule has 0 saturated heterocycles. The van der Waals surface area contributed by atoms with E-state index >= 15 is 0 Å². The summed E-state index contributed by atoms with van der Waals surface area (Å²) >= 11 is 5.72. The fraction of sp³-hybridized carbons (Fsp3) is 0.500. The molecule has 2 aromatic rings. The van der Waals surface area contributed by atoms with Crippen LogP contribution in [0.3, 0.4) is 0 Å². The number of halogens is 4. The summed E-state index contributed by atoms with van der Waals surface area (Å²) in [7, 11) is 1.51. The third-order valence-corrected chi connectivity index (χ3v) is 4.12. The Labute approximate surface area is 124 Å². The maximum atomic E-state index is 13.4. The van der Waals surface area contributed by atoms with Crippen LogP contribution in [0.4, 0.5) is 13.2 Å². The van der Waals surface area contributed by atoms with Gasteiger partial charge in [-0.25, -0.2) is 4.98 Å². The lowest BCUT2D eigenvalue weighted by Gasteiger charge is -2.23. The fourth-order valence-electron chi connectivity index (χ4n) is 2.72. The Hall–Kier alpha value is -1.43. The topological polar surface area (TPSA) is 27.1 Å². The van der Waals surface area contributed by atoms with E-state index in [1.54, 1.807) is 18.2 Å². The van der Waals surface area contributed by atoms with Crippen molar-refractivity contribution >= 4 is 22.6 Å². The van der Waals surface area contributed by atoms with Crippen molar-refractivity contribution in [3.05, 3.63) is 24.0 Å². The molecule has 3 rings (SSSR count). The van der Waals surface area contributed by atoms with Crippen LogP contribution < -0.4 is 4.74 Å². The van der Waals surface area contributed by atoms with Crippen LogP contribution in [-0.4, -0.2) is 28.7 Å². The first-order chi connectivity index (χ1) is 9.93. The lowest BCUT2D eigenvalue weighted by Crippen LogP contribution is -2.36. The third-order valence-electron chi connectivity index (χ3n) is 3.93. The highest BCUT2D eigenvalue weighted by Crippen LogP contribution is 2.57. The summed E-state index contributed by atoms with van der Waals surface area (Å²) in [4.78, 5) is 4.33. The minimum atomic E-state index is -4.29. The Morgan fingerprint density at radius 2 is 2.10 bits per heavy atom. The normalized spacial score (nSPS) is 17.2. The Morgan fingerprint density at radius 3 is 2.62 bits per heavy atom. The lowest BCUT2D eigenvalue weighted by atomic mass is 10.2. The average Bonchev–Trinajstić information content (AvgIpc) is 3.15. The van der Waals surface area contributed by atoms with Crippen LogP contribution in [-0.2, 0) is 12.0 Å². The number of aryl methyl sites for hydroxylation is 1. The highest BCUT2D eigenvalue weighted by Gasteiger charge is 2.65. The number of rotatable bonds is 4. The first kappa shape index (κ1) is 14.5. The van der Waals surface area contributed by atoms with E-state index in [0.717, 1.165) is 0 Å². The molecule has 1 aromatic heterocycles. The zero-order chi connectivity index (χ0) is 15.3. The van der Waals surface area contributed by atoms with E-state index in [4.69, 9.17) is 16.3 Å². The van der Waals surface area contributed by atoms with Crippen molar-refractivity contribution in [1.29, 1.82) is 0 Å². The summed E-state index contributed by atoms with van der Waals surface area (Å²) in [6.45, 7) is 0. The van der Waals surface area contributed by atoms with Gasteiger partial charge in [-0.05, 0) is 25.0 Å². The van der Waals surface area contributed by atoms with Crippen LogP contribution in [0.25, 0.3) is 11.0 Å². The van der Waals surface area contributed by atoms with Gasteiger partial charge in [0.1, 0.15) is 17.1 Å². The number of methoxy groups -OCH3 is 1. The molecule has 7 heteroatoms. The largest absolute Gasteiger partial charge is 0.497 e. The standard InChI is InChI=1S/C14H14ClF3N2O/c1-21-9-2-3-11-10(8-9)19-12(4-7-15)20(11)13(5-6-13)14(16,17)18/h2-3,8H,4-7H2,1H3. The van der Waals surface area contributed by atoms with Gasteiger partial charge in [-0.3, -0.25) is 0 Å².